The fourth-order valence-electron chi connectivity index (χ4n) is 1.60. The lowest BCUT2D eigenvalue weighted by Crippen LogP contribution is -2.29. The number of rotatable bonds is 4. The molecular weight excluding hydrogens is 146 g/mol. The summed E-state index contributed by atoms with van der Waals surface area (Å²) in [6, 6.07) is 0.373. The largest absolute Gasteiger partial charge is 0.327 e. The molecule has 0 bridgehead atoms. The van der Waals surface area contributed by atoms with Gasteiger partial charge in [0, 0.05) is 12.5 Å². The van der Waals surface area contributed by atoms with Gasteiger partial charge in [-0.15, -0.1) is 11.8 Å². The van der Waals surface area contributed by atoms with Gasteiger partial charge in [-0.3, -0.25) is 0 Å². The first-order valence-electron chi connectivity index (χ1n) is 4.91. The summed E-state index contributed by atoms with van der Waals surface area (Å²) in [6.07, 6.45) is 4.83. The first-order valence-corrected chi connectivity index (χ1v) is 4.91. The zero-order valence-corrected chi connectivity index (χ0v) is 8.14. The first kappa shape index (κ1) is 9.61. The van der Waals surface area contributed by atoms with Crippen molar-refractivity contribution in [3.63, 3.8) is 0 Å². The molecule has 1 fully saturated rings. The molecule has 0 aromatic rings. The summed E-state index contributed by atoms with van der Waals surface area (Å²) in [5, 5.41) is 0. The molecular formula is C11H19N. The Kier molecular flexibility index (Phi) is 3.62. The van der Waals surface area contributed by atoms with E-state index in [1.165, 1.54) is 12.8 Å². The minimum Gasteiger partial charge on any atom is -0.327 e. The molecule has 1 aliphatic carbocycles. The van der Waals surface area contributed by atoms with Gasteiger partial charge in [0.1, 0.15) is 0 Å². The van der Waals surface area contributed by atoms with Crippen molar-refractivity contribution < 1.29 is 0 Å². The summed E-state index contributed by atoms with van der Waals surface area (Å²) >= 11 is 0. The van der Waals surface area contributed by atoms with Crippen LogP contribution in [-0.2, 0) is 0 Å². The summed E-state index contributed by atoms with van der Waals surface area (Å²) in [4.78, 5) is 0. The van der Waals surface area contributed by atoms with E-state index in [-0.39, 0.29) is 0 Å². The normalized spacial score (nSPS) is 20.9. The van der Waals surface area contributed by atoms with Gasteiger partial charge in [-0.2, -0.15) is 0 Å². The minimum absolute atomic E-state index is 0.373. The van der Waals surface area contributed by atoms with Crippen LogP contribution in [-0.4, -0.2) is 6.04 Å². The topological polar surface area (TPSA) is 26.0 Å². The average Bonchev–Trinajstić information content (AvgIpc) is 2.86. The molecule has 0 aromatic carbocycles. The van der Waals surface area contributed by atoms with Crippen molar-refractivity contribution in [1.82, 2.24) is 0 Å². The maximum absolute atomic E-state index is 6.03. The molecule has 0 amide bonds. The predicted molar refractivity (Wildman–Crippen MR) is 52.5 cm³/mol. The Morgan fingerprint density at radius 3 is 2.67 bits per heavy atom. The SMILES string of the molecule is CC#CCCC(N)C(C)C1CC1. The smallest absolute Gasteiger partial charge is 0.0103 e. The number of nitrogens with two attached hydrogens (primary N) is 1. The number of hydrogen-bond acceptors (Lipinski definition) is 1. The fraction of sp³-hybridized carbons (Fsp3) is 0.818. The van der Waals surface area contributed by atoms with Crippen LogP contribution < -0.4 is 5.73 Å². The molecule has 1 rings (SSSR count). The van der Waals surface area contributed by atoms with Crippen molar-refractivity contribution in [2.24, 2.45) is 17.6 Å². The van der Waals surface area contributed by atoms with E-state index in [0.717, 1.165) is 18.8 Å². The van der Waals surface area contributed by atoms with E-state index in [0.29, 0.717) is 12.0 Å². The molecule has 68 valence electrons. The first-order chi connectivity index (χ1) is 5.75. The molecule has 2 N–H and O–H groups in total. The highest BCUT2D eigenvalue weighted by Crippen LogP contribution is 2.38. The third-order valence-electron chi connectivity index (χ3n) is 2.82. The molecule has 1 heteroatoms. The zero-order valence-electron chi connectivity index (χ0n) is 8.14. The van der Waals surface area contributed by atoms with Crippen molar-refractivity contribution in [3.8, 4) is 11.8 Å². The van der Waals surface area contributed by atoms with Crippen molar-refractivity contribution in [2.75, 3.05) is 0 Å². The Labute approximate surface area is 75.7 Å². The van der Waals surface area contributed by atoms with Crippen LogP contribution >= 0.6 is 0 Å². The Morgan fingerprint density at radius 1 is 1.50 bits per heavy atom. The Balaban J connectivity index is 2.15. The van der Waals surface area contributed by atoms with Crippen LogP contribution in [0.4, 0.5) is 0 Å². The van der Waals surface area contributed by atoms with Gasteiger partial charge < -0.3 is 5.73 Å². The number of hydrogen-bond donors (Lipinski definition) is 1. The lowest BCUT2D eigenvalue weighted by molar-refractivity contribution is 0.391. The zero-order chi connectivity index (χ0) is 8.97. The van der Waals surface area contributed by atoms with Crippen LogP contribution in [0.2, 0.25) is 0 Å². The second-order valence-electron chi connectivity index (χ2n) is 3.83. The molecule has 0 radical (unpaired) electrons. The fourth-order valence-corrected chi connectivity index (χ4v) is 1.60. The van der Waals surface area contributed by atoms with Gasteiger partial charge in [0.05, 0.1) is 0 Å². The van der Waals surface area contributed by atoms with Crippen LogP contribution in [0.5, 0.6) is 0 Å². The lowest BCUT2D eigenvalue weighted by Gasteiger charge is -2.17. The molecule has 2 unspecified atom stereocenters. The van der Waals surface area contributed by atoms with Crippen molar-refractivity contribution >= 4 is 0 Å². The molecule has 1 aliphatic rings. The molecule has 0 aromatic heterocycles. The van der Waals surface area contributed by atoms with Gasteiger partial charge >= 0.3 is 0 Å². The predicted octanol–water partition coefficient (Wildman–Crippen LogP) is 2.16. The van der Waals surface area contributed by atoms with E-state index < -0.39 is 0 Å². The molecule has 1 nitrogen and oxygen atoms in total. The van der Waals surface area contributed by atoms with E-state index in [1.54, 1.807) is 0 Å². The summed E-state index contributed by atoms with van der Waals surface area (Å²) < 4.78 is 0. The molecule has 0 heterocycles. The Morgan fingerprint density at radius 2 is 2.17 bits per heavy atom. The standard InChI is InChI=1S/C11H19N/c1-3-4-5-6-11(12)9(2)10-7-8-10/h9-11H,5-8,12H2,1-2H3. The molecule has 2 atom stereocenters. The van der Waals surface area contributed by atoms with Gasteiger partial charge in [-0.05, 0) is 38.0 Å². The maximum atomic E-state index is 6.03. The van der Waals surface area contributed by atoms with Gasteiger partial charge in [0.25, 0.3) is 0 Å². The van der Waals surface area contributed by atoms with E-state index in [4.69, 9.17) is 5.73 Å². The third kappa shape index (κ3) is 2.87. The van der Waals surface area contributed by atoms with Crippen LogP contribution in [0.3, 0.4) is 0 Å². The monoisotopic (exact) mass is 165 g/mol. The van der Waals surface area contributed by atoms with E-state index in [9.17, 15) is 0 Å². The highest BCUT2D eigenvalue weighted by molar-refractivity contribution is 4.96. The Bertz CT molecular complexity index is 183. The summed E-state index contributed by atoms with van der Waals surface area (Å²) in [5.74, 6) is 7.60. The van der Waals surface area contributed by atoms with Crippen molar-refractivity contribution in [2.45, 2.75) is 45.6 Å². The molecule has 12 heavy (non-hydrogen) atoms. The quantitative estimate of drug-likeness (QED) is 0.635. The van der Waals surface area contributed by atoms with E-state index in [2.05, 4.69) is 18.8 Å². The van der Waals surface area contributed by atoms with Crippen LogP contribution in [0.15, 0.2) is 0 Å². The molecule has 0 spiro atoms. The molecule has 1 saturated carbocycles. The van der Waals surface area contributed by atoms with Gasteiger partial charge in [0.2, 0.25) is 0 Å². The van der Waals surface area contributed by atoms with Crippen LogP contribution in [0.1, 0.15) is 39.5 Å². The van der Waals surface area contributed by atoms with E-state index in [1.807, 2.05) is 6.92 Å². The second-order valence-corrected chi connectivity index (χ2v) is 3.83. The van der Waals surface area contributed by atoms with Gasteiger partial charge in [0.15, 0.2) is 0 Å². The summed E-state index contributed by atoms with van der Waals surface area (Å²) in [5.41, 5.74) is 6.03. The maximum Gasteiger partial charge on any atom is 0.0103 e. The van der Waals surface area contributed by atoms with Crippen LogP contribution in [0, 0.1) is 23.7 Å². The van der Waals surface area contributed by atoms with E-state index >= 15 is 0 Å². The molecule has 0 saturated heterocycles. The van der Waals surface area contributed by atoms with Gasteiger partial charge in [-0.1, -0.05) is 6.92 Å². The second kappa shape index (κ2) is 4.52. The van der Waals surface area contributed by atoms with Crippen LogP contribution in [0.25, 0.3) is 0 Å². The van der Waals surface area contributed by atoms with Gasteiger partial charge in [-0.25, -0.2) is 0 Å². The summed E-state index contributed by atoms with van der Waals surface area (Å²) in [6.45, 7) is 4.16. The lowest BCUT2D eigenvalue weighted by atomic mass is 9.94. The highest BCUT2D eigenvalue weighted by atomic mass is 14.7. The summed E-state index contributed by atoms with van der Waals surface area (Å²) in [7, 11) is 0. The molecule has 0 aliphatic heterocycles. The van der Waals surface area contributed by atoms with Crippen molar-refractivity contribution in [1.29, 1.82) is 0 Å². The third-order valence-corrected chi connectivity index (χ3v) is 2.82. The van der Waals surface area contributed by atoms with Crippen molar-refractivity contribution in [3.05, 3.63) is 0 Å². The average molecular weight is 165 g/mol. The minimum atomic E-state index is 0.373. The highest BCUT2D eigenvalue weighted by Gasteiger charge is 2.31. The Hall–Kier alpha value is -0.480.